The molecule has 18 heavy (non-hydrogen) atoms. The molecule has 1 rings (SSSR count). The van der Waals surface area contributed by atoms with Crippen molar-refractivity contribution in [3.8, 4) is 6.07 Å². The van der Waals surface area contributed by atoms with Gasteiger partial charge in [0.25, 0.3) is 0 Å². The van der Waals surface area contributed by atoms with Crippen LogP contribution in [0.4, 0.5) is 9.93 Å². The van der Waals surface area contributed by atoms with E-state index in [-0.39, 0.29) is 5.92 Å². The minimum absolute atomic E-state index is 0.225. The summed E-state index contributed by atoms with van der Waals surface area (Å²) in [6.07, 6.45) is -0.535. The molecule has 0 radical (unpaired) electrons. The molecule has 1 amide bonds. The molecule has 0 saturated carbocycles. The molecule has 0 aliphatic carbocycles. The van der Waals surface area contributed by atoms with Gasteiger partial charge in [0.1, 0.15) is 5.60 Å². The molecule has 1 aromatic heterocycles. The van der Waals surface area contributed by atoms with Gasteiger partial charge in [-0.25, -0.2) is 9.78 Å². The smallest absolute Gasteiger partial charge is 0.413 e. The lowest BCUT2D eigenvalue weighted by atomic mass is 10.1. The summed E-state index contributed by atoms with van der Waals surface area (Å²) in [6.45, 7) is 9.01. The number of hydrogen-bond donors (Lipinski definition) is 1. The minimum Gasteiger partial charge on any atom is -0.444 e. The Hall–Kier alpha value is -1.61. The van der Waals surface area contributed by atoms with Gasteiger partial charge in [0.2, 0.25) is 0 Å². The Morgan fingerprint density at radius 2 is 2.17 bits per heavy atom. The quantitative estimate of drug-likeness (QED) is 0.890. The highest BCUT2D eigenvalue weighted by Crippen LogP contribution is 2.29. The number of anilines is 1. The van der Waals surface area contributed by atoms with Crippen LogP contribution in [0, 0.1) is 18.3 Å². The Labute approximate surface area is 111 Å². The summed E-state index contributed by atoms with van der Waals surface area (Å²) >= 11 is 1.30. The molecule has 98 valence electrons. The van der Waals surface area contributed by atoms with Gasteiger partial charge in [-0.3, -0.25) is 5.32 Å². The molecule has 6 heteroatoms. The van der Waals surface area contributed by atoms with Gasteiger partial charge in [-0.05, 0) is 34.6 Å². The summed E-state index contributed by atoms with van der Waals surface area (Å²) in [5, 5.41) is 11.9. The Balaban J connectivity index is 2.76. The highest BCUT2D eigenvalue weighted by Gasteiger charge is 2.19. The Morgan fingerprint density at radius 3 is 2.67 bits per heavy atom. The summed E-state index contributed by atoms with van der Waals surface area (Å²) < 4.78 is 5.13. The summed E-state index contributed by atoms with van der Waals surface area (Å²) in [5.41, 5.74) is 0.221. The van der Waals surface area contributed by atoms with E-state index in [1.165, 1.54) is 11.3 Å². The van der Waals surface area contributed by atoms with Crippen molar-refractivity contribution >= 4 is 22.6 Å². The first-order valence-electron chi connectivity index (χ1n) is 5.60. The topological polar surface area (TPSA) is 75.0 Å². The maximum Gasteiger partial charge on any atom is 0.413 e. The van der Waals surface area contributed by atoms with Crippen molar-refractivity contribution in [3.63, 3.8) is 0 Å². The molecule has 1 unspecified atom stereocenters. The van der Waals surface area contributed by atoms with Gasteiger partial charge in [-0.15, -0.1) is 0 Å². The molecule has 1 N–H and O–H groups in total. The number of rotatable bonds is 2. The maximum absolute atomic E-state index is 11.6. The fourth-order valence-electron chi connectivity index (χ4n) is 1.31. The van der Waals surface area contributed by atoms with E-state index in [0.29, 0.717) is 5.13 Å². The van der Waals surface area contributed by atoms with Gasteiger partial charge in [0.15, 0.2) is 5.13 Å². The second-order valence-corrected chi connectivity index (χ2v) is 5.98. The van der Waals surface area contributed by atoms with Crippen molar-refractivity contribution in [2.45, 2.75) is 46.1 Å². The summed E-state index contributed by atoms with van der Waals surface area (Å²) in [6, 6.07) is 2.15. The van der Waals surface area contributed by atoms with E-state index < -0.39 is 11.7 Å². The van der Waals surface area contributed by atoms with Crippen LogP contribution < -0.4 is 5.32 Å². The second-order valence-electron chi connectivity index (χ2n) is 4.95. The van der Waals surface area contributed by atoms with Gasteiger partial charge in [0, 0.05) is 4.88 Å². The third-order valence-corrected chi connectivity index (χ3v) is 3.28. The monoisotopic (exact) mass is 267 g/mol. The normalized spacial score (nSPS) is 12.7. The van der Waals surface area contributed by atoms with E-state index in [9.17, 15) is 4.79 Å². The van der Waals surface area contributed by atoms with Crippen LogP contribution in [0.1, 0.15) is 44.2 Å². The zero-order valence-electron chi connectivity index (χ0n) is 11.2. The number of aromatic nitrogens is 1. The van der Waals surface area contributed by atoms with E-state index in [4.69, 9.17) is 10.00 Å². The lowest BCUT2D eigenvalue weighted by Crippen LogP contribution is -2.27. The van der Waals surface area contributed by atoms with Crippen LogP contribution >= 0.6 is 11.3 Å². The first-order valence-corrected chi connectivity index (χ1v) is 6.41. The first-order chi connectivity index (χ1) is 8.23. The van der Waals surface area contributed by atoms with Crippen LogP contribution in [0.2, 0.25) is 0 Å². The number of nitrogens with zero attached hydrogens (tertiary/aromatic N) is 2. The Bertz CT molecular complexity index is 482. The van der Waals surface area contributed by atoms with E-state index >= 15 is 0 Å². The highest BCUT2D eigenvalue weighted by molar-refractivity contribution is 7.16. The summed E-state index contributed by atoms with van der Waals surface area (Å²) in [7, 11) is 0. The standard InChI is InChI=1S/C12H17N3O2S/c1-7(6-13)9-8(2)14-10(18-9)15-11(16)17-12(3,4)5/h7H,1-5H3,(H,14,15,16). The first kappa shape index (κ1) is 14.5. The van der Waals surface area contributed by atoms with Gasteiger partial charge in [0.05, 0.1) is 17.7 Å². The third-order valence-electron chi connectivity index (χ3n) is 2.03. The van der Waals surface area contributed by atoms with Crippen molar-refractivity contribution < 1.29 is 9.53 Å². The van der Waals surface area contributed by atoms with Crippen molar-refractivity contribution in [3.05, 3.63) is 10.6 Å². The fourth-order valence-corrected chi connectivity index (χ4v) is 2.26. The fraction of sp³-hybridized carbons (Fsp3) is 0.583. The maximum atomic E-state index is 11.6. The van der Waals surface area contributed by atoms with Crippen molar-refractivity contribution in [1.29, 1.82) is 5.26 Å². The number of amides is 1. The molecule has 1 heterocycles. The summed E-state index contributed by atoms with van der Waals surface area (Å²) in [4.78, 5) is 16.6. The Morgan fingerprint density at radius 1 is 1.56 bits per heavy atom. The molecule has 1 aromatic rings. The highest BCUT2D eigenvalue weighted by atomic mass is 32.1. The molecule has 0 spiro atoms. The van der Waals surface area contributed by atoms with Gasteiger partial charge < -0.3 is 4.74 Å². The van der Waals surface area contributed by atoms with E-state index in [0.717, 1.165) is 10.6 Å². The van der Waals surface area contributed by atoms with E-state index in [1.54, 1.807) is 27.7 Å². The van der Waals surface area contributed by atoms with Crippen molar-refractivity contribution in [2.24, 2.45) is 0 Å². The zero-order chi connectivity index (χ0) is 13.9. The van der Waals surface area contributed by atoms with Crippen LogP contribution in [0.3, 0.4) is 0 Å². The molecule has 0 saturated heterocycles. The number of aryl methyl sites for hydroxylation is 1. The lowest BCUT2D eigenvalue weighted by molar-refractivity contribution is 0.0636. The molecule has 0 fully saturated rings. The number of thiazole rings is 1. The van der Waals surface area contributed by atoms with Crippen LogP contribution in [-0.4, -0.2) is 16.7 Å². The SMILES string of the molecule is Cc1nc(NC(=O)OC(C)(C)C)sc1C(C)C#N. The second kappa shape index (κ2) is 5.36. The molecule has 0 bridgehead atoms. The van der Waals surface area contributed by atoms with Crippen molar-refractivity contribution in [1.82, 2.24) is 4.98 Å². The predicted molar refractivity (Wildman–Crippen MR) is 70.7 cm³/mol. The Kier molecular flexibility index (Phi) is 4.30. The molecular weight excluding hydrogens is 250 g/mol. The average molecular weight is 267 g/mol. The molecule has 0 aliphatic rings. The minimum atomic E-state index is -0.542. The largest absolute Gasteiger partial charge is 0.444 e. The molecule has 1 atom stereocenters. The lowest BCUT2D eigenvalue weighted by Gasteiger charge is -2.18. The van der Waals surface area contributed by atoms with Gasteiger partial charge >= 0.3 is 6.09 Å². The van der Waals surface area contributed by atoms with Crippen LogP contribution in [0.15, 0.2) is 0 Å². The van der Waals surface area contributed by atoms with Crippen LogP contribution in [0.25, 0.3) is 0 Å². The number of nitrogens with one attached hydrogen (secondary N) is 1. The van der Waals surface area contributed by atoms with Gasteiger partial charge in [-0.1, -0.05) is 11.3 Å². The third kappa shape index (κ3) is 4.00. The molecule has 5 nitrogen and oxygen atoms in total. The van der Waals surface area contributed by atoms with Gasteiger partial charge in [-0.2, -0.15) is 5.26 Å². The number of carbonyl (C=O) groups excluding carboxylic acids is 1. The van der Waals surface area contributed by atoms with Crippen molar-refractivity contribution in [2.75, 3.05) is 5.32 Å². The van der Waals surface area contributed by atoms with Crippen LogP contribution in [-0.2, 0) is 4.74 Å². The van der Waals surface area contributed by atoms with E-state index in [1.807, 2.05) is 6.92 Å². The number of hydrogen-bond acceptors (Lipinski definition) is 5. The number of carbonyl (C=O) groups is 1. The average Bonchev–Trinajstić information content (AvgIpc) is 2.55. The molecule has 0 aromatic carbocycles. The molecular formula is C12H17N3O2S. The van der Waals surface area contributed by atoms with Crippen LogP contribution in [0.5, 0.6) is 0 Å². The molecule has 0 aliphatic heterocycles. The number of nitriles is 1. The predicted octanol–water partition coefficient (Wildman–Crippen LogP) is 3.43. The zero-order valence-corrected chi connectivity index (χ0v) is 12.0. The number of ether oxygens (including phenoxy) is 1. The van der Waals surface area contributed by atoms with E-state index in [2.05, 4.69) is 16.4 Å². The summed E-state index contributed by atoms with van der Waals surface area (Å²) in [5.74, 6) is -0.225.